The fourth-order valence-electron chi connectivity index (χ4n) is 0.407. The number of halogens is 4. The van der Waals surface area contributed by atoms with E-state index in [1.54, 1.807) is 0 Å². The van der Waals surface area contributed by atoms with E-state index in [-0.39, 0.29) is 0 Å². The Morgan fingerprint density at radius 1 is 1.23 bits per heavy atom. The molecule has 0 aromatic carbocycles. The van der Waals surface area contributed by atoms with E-state index < -0.39 is 37.6 Å². The van der Waals surface area contributed by atoms with Gasteiger partial charge in [0.2, 0.25) is 12.6 Å². The summed E-state index contributed by atoms with van der Waals surface area (Å²) in [4.78, 5) is 20.5. The molecule has 0 bridgehead atoms. The van der Waals surface area contributed by atoms with Gasteiger partial charge < -0.3 is 4.74 Å². The molecule has 13 heavy (non-hydrogen) atoms. The van der Waals surface area contributed by atoms with Gasteiger partial charge in [-0.1, -0.05) is 0 Å². The molecule has 0 rings (SSSR count). The van der Waals surface area contributed by atoms with Crippen molar-refractivity contribution in [3.05, 3.63) is 0 Å². The van der Waals surface area contributed by atoms with Crippen molar-refractivity contribution < 1.29 is 31.9 Å². The second-order valence-corrected chi connectivity index (χ2v) is 2.01. The van der Waals surface area contributed by atoms with Crippen molar-refractivity contribution in [1.82, 2.24) is 0 Å². The van der Waals surface area contributed by atoms with E-state index in [9.17, 15) is 27.2 Å². The number of esters is 2. The number of hydrogen-bond acceptors (Lipinski definition) is 3. The molecule has 7 heteroatoms. The molecule has 0 saturated carbocycles. The van der Waals surface area contributed by atoms with Gasteiger partial charge in [-0.3, -0.25) is 4.79 Å². The molecule has 0 radical (unpaired) electrons. The van der Waals surface area contributed by atoms with E-state index in [0.717, 1.165) is 0 Å². The summed E-state index contributed by atoms with van der Waals surface area (Å²) in [6.07, 6.45) is -6.89. The van der Waals surface area contributed by atoms with Gasteiger partial charge in [-0.2, -0.15) is 0 Å². The Morgan fingerprint density at radius 3 is 2.15 bits per heavy atom. The molecule has 0 heterocycles. The predicted octanol–water partition coefficient (Wildman–Crippen LogP) is 1.02. The summed E-state index contributed by atoms with van der Waals surface area (Å²) in [5.74, 6) is -3.36. The summed E-state index contributed by atoms with van der Waals surface area (Å²) < 4.78 is 49.9. The second kappa shape index (κ2) is 5.50. The highest BCUT2D eigenvalue weighted by molar-refractivity contribution is 5.87. The first-order valence-corrected chi connectivity index (χ1v) is 3.20. The van der Waals surface area contributed by atoms with E-state index >= 15 is 0 Å². The number of carbonyl (C=O) groups excluding carboxylic acids is 2. The molecule has 0 aromatic rings. The number of carbonyl (C=O) groups is 2. The molecule has 0 amide bonds. The highest BCUT2D eigenvalue weighted by atomic mass is 19.3. The van der Waals surface area contributed by atoms with Crippen LogP contribution in [0.25, 0.3) is 0 Å². The van der Waals surface area contributed by atoms with Crippen LogP contribution >= 0.6 is 0 Å². The quantitative estimate of drug-likeness (QED) is 0.388. The summed E-state index contributed by atoms with van der Waals surface area (Å²) >= 11 is 0. The van der Waals surface area contributed by atoms with Crippen molar-refractivity contribution in [3.63, 3.8) is 0 Å². The van der Waals surface area contributed by atoms with Gasteiger partial charge in [-0.25, -0.2) is 22.4 Å². The summed E-state index contributed by atoms with van der Waals surface area (Å²) in [6.45, 7) is -1.65. The van der Waals surface area contributed by atoms with Crippen LogP contribution in [0.3, 0.4) is 0 Å². The van der Waals surface area contributed by atoms with Crippen molar-refractivity contribution >= 4 is 11.9 Å². The monoisotopic (exact) mass is 202 g/mol. The second-order valence-electron chi connectivity index (χ2n) is 2.01. The van der Waals surface area contributed by atoms with Gasteiger partial charge in [-0.05, 0) is 0 Å². The Balaban J connectivity index is 3.85. The molecule has 0 spiro atoms. The maximum Gasteiger partial charge on any atom is 0.351 e. The highest BCUT2D eigenvalue weighted by Crippen LogP contribution is 2.03. The minimum Gasteiger partial charge on any atom is -0.391 e. The minimum atomic E-state index is -2.98. The van der Waals surface area contributed by atoms with Gasteiger partial charge in [0.15, 0.2) is 0 Å². The van der Waals surface area contributed by atoms with Crippen LogP contribution in [-0.2, 0) is 14.3 Å². The molecular weight excluding hydrogens is 196 g/mol. The van der Waals surface area contributed by atoms with Crippen molar-refractivity contribution in [1.29, 1.82) is 0 Å². The molecule has 3 nitrogen and oxygen atoms in total. The third-order valence-corrected chi connectivity index (χ3v) is 0.927. The molecule has 0 N–H and O–H groups in total. The van der Waals surface area contributed by atoms with Crippen LogP contribution in [0.2, 0.25) is 0 Å². The number of alkyl halides is 4. The van der Waals surface area contributed by atoms with E-state index in [2.05, 4.69) is 4.74 Å². The lowest BCUT2D eigenvalue weighted by Gasteiger charge is -2.03. The zero-order valence-corrected chi connectivity index (χ0v) is 6.31. The summed E-state index contributed by atoms with van der Waals surface area (Å²) in [6, 6.07) is 0. The van der Waals surface area contributed by atoms with Crippen molar-refractivity contribution in [2.24, 2.45) is 0 Å². The smallest absolute Gasteiger partial charge is 0.351 e. The van der Waals surface area contributed by atoms with E-state index in [4.69, 9.17) is 0 Å². The van der Waals surface area contributed by atoms with Crippen LogP contribution in [0.4, 0.5) is 17.6 Å². The fraction of sp³-hybridized carbons (Fsp3) is 0.667. The fourth-order valence-corrected chi connectivity index (χ4v) is 0.407. The van der Waals surface area contributed by atoms with Gasteiger partial charge in [0.1, 0.15) is 13.1 Å². The molecule has 0 aliphatic rings. The minimum absolute atomic E-state index is 1.31. The first-order valence-electron chi connectivity index (χ1n) is 3.20. The molecule has 0 aliphatic heterocycles. The highest BCUT2D eigenvalue weighted by Gasteiger charge is 2.23. The lowest BCUT2D eigenvalue weighted by Crippen LogP contribution is -2.24. The molecule has 0 fully saturated rings. The van der Waals surface area contributed by atoms with Crippen LogP contribution in [0.15, 0.2) is 0 Å². The van der Waals surface area contributed by atoms with E-state index in [1.165, 1.54) is 0 Å². The van der Waals surface area contributed by atoms with Crippen LogP contribution in [0.5, 0.6) is 0 Å². The zero-order chi connectivity index (χ0) is 10.4. The Kier molecular flexibility index (Phi) is 5.01. The van der Waals surface area contributed by atoms with Gasteiger partial charge >= 0.3 is 11.9 Å². The van der Waals surface area contributed by atoms with Crippen LogP contribution < -0.4 is 0 Å². The third kappa shape index (κ3) is 5.15. The summed E-state index contributed by atoms with van der Waals surface area (Å²) in [5, 5.41) is 0. The number of ether oxygens (including phenoxy) is 1. The Bertz CT molecular complexity index is 194. The van der Waals surface area contributed by atoms with Crippen molar-refractivity contribution in [2.45, 2.75) is 19.0 Å². The SMILES string of the molecule is O=C(CC(F)F)OC(=O)C(F)CF. The largest absolute Gasteiger partial charge is 0.391 e. The maximum absolute atomic E-state index is 12.0. The lowest BCUT2D eigenvalue weighted by molar-refractivity contribution is -0.165. The van der Waals surface area contributed by atoms with Crippen molar-refractivity contribution in [2.75, 3.05) is 6.67 Å². The average Bonchev–Trinajstić information content (AvgIpc) is 2.01. The van der Waals surface area contributed by atoms with Crippen LogP contribution in [-0.4, -0.2) is 31.2 Å². The Labute approximate surface area is 70.7 Å². The molecule has 0 saturated heterocycles. The lowest BCUT2D eigenvalue weighted by atomic mass is 10.4. The molecule has 1 atom stereocenters. The zero-order valence-electron chi connectivity index (χ0n) is 6.31. The van der Waals surface area contributed by atoms with E-state index in [1.807, 2.05) is 0 Å². The predicted molar refractivity (Wildman–Crippen MR) is 32.6 cm³/mol. The third-order valence-electron chi connectivity index (χ3n) is 0.927. The molecule has 0 aromatic heterocycles. The number of rotatable bonds is 4. The van der Waals surface area contributed by atoms with Crippen LogP contribution in [0, 0.1) is 0 Å². The molecule has 76 valence electrons. The Morgan fingerprint density at radius 2 is 1.77 bits per heavy atom. The van der Waals surface area contributed by atoms with Gasteiger partial charge in [0, 0.05) is 0 Å². The van der Waals surface area contributed by atoms with E-state index in [0.29, 0.717) is 0 Å². The van der Waals surface area contributed by atoms with Crippen LogP contribution in [0.1, 0.15) is 6.42 Å². The standard InChI is InChI=1S/C6H6F4O3/c7-2-3(8)6(12)13-5(11)1-4(9)10/h3-4H,1-2H2. The van der Waals surface area contributed by atoms with Crippen molar-refractivity contribution in [3.8, 4) is 0 Å². The topological polar surface area (TPSA) is 43.4 Å². The van der Waals surface area contributed by atoms with Gasteiger partial charge in [-0.15, -0.1) is 0 Å². The molecular formula is C6H6F4O3. The first-order chi connectivity index (χ1) is 5.97. The maximum atomic E-state index is 12.0. The summed E-state index contributed by atoms with van der Waals surface area (Å²) in [5.41, 5.74) is 0. The van der Waals surface area contributed by atoms with Gasteiger partial charge in [0.05, 0.1) is 0 Å². The Hall–Kier alpha value is -1.14. The summed E-state index contributed by atoms with van der Waals surface area (Å²) in [7, 11) is 0. The normalized spacial score (nSPS) is 12.7. The number of hydrogen-bond donors (Lipinski definition) is 0. The molecule has 0 aliphatic carbocycles. The molecule has 1 unspecified atom stereocenters. The average molecular weight is 202 g/mol. The van der Waals surface area contributed by atoms with Gasteiger partial charge in [0.25, 0.3) is 0 Å². The first kappa shape index (κ1) is 11.9.